The first kappa shape index (κ1) is 13.6. The van der Waals surface area contributed by atoms with E-state index in [4.69, 9.17) is 0 Å². The first-order valence-corrected chi connectivity index (χ1v) is 6.63. The number of rotatable bonds is 4. The third-order valence-corrected chi connectivity index (χ3v) is 4.12. The lowest BCUT2D eigenvalue weighted by Crippen LogP contribution is -2.26. The fraction of sp³-hybridized carbons (Fsp3) is 0.100. The number of Topliss-reactive ketones (excluding diaryl/α,β-unsaturated/α-hetero) is 1. The van der Waals surface area contributed by atoms with Crippen molar-refractivity contribution < 1.29 is 9.72 Å². The quantitative estimate of drug-likeness (QED) is 0.479. The molecule has 0 aliphatic carbocycles. The van der Waals surface area contributed by atoms with Crippen LogP contribution in [0.3, 0.4) is 0 Å². The third kappa shape index (κ3) is 2.93. The Labute approximate surface area is 118 Å². The fourth-order valence-electron chi connectivity index (χ4n) is 1.37. The van der Waals surface area contributed by atoms with Crippen molar-refractivity contribution in [1.29, 1.82) is 0 Å². The first-order valence-electron chi connectivity index (χ1n) is 4.96. The second kappa shape index (κ2) is 5.41. The van der Waals surface area contributed by atoms with Crippen molar-refractivity contribution in [3.63, 3.8) is 0 Å². The third-order valence-electron chi connectivity index (χ3n) is 2.24. The van der Waals surface area contributed by atoms with Crippen molar-refractivity contribution >= 4 is 38.7 Å². The molecule has 0 aliphatic rings. The van der Waals surface area contributed by atoms with Crippen LogP contribution in [-0.4, -0.2) is 20.3 Å². The Morgan fingerprint density at radius 2 is 2.32 bits per heavy atom. The van der Waals surface area contributed by atoms with Gasteiger partial charge in [0.25, 0.3) is 0 Å². The standard InChI is InChI=1S/C10H6BrN3O4S/c11-7-1-2-19-9(7)8(15)5-13-4-6(14(17)18)3-12-10(13)16/h1-4H,5H2. The summed E-state index contributed by atoms with van der Waals surface area (Å²) < 4.78 is 1.56. The monoisotopic (exact) mass is 343 g/mol. The maximum atomic E-state index is 12.0. The molecule has 0 radical (unpaired) electrons. The first-order chi connectivity index (χ1) is 8.99. The van der Waals surface area contributed by atoms with Crippen LogP contribution in [0.5, 0.6) is 0 Å². The summed E-state index contributed by atoms with van der Waals surface area (Å²) in [7, 11) is 0. The van der Waals surface area contributed by atoms with Crippen molar-refractivity contribution in [3.05, 3.63) is 53.8 Å². The van der Waals surface area contributed by atoms with Gasteiger partial charge in [0, 0.05) is 4.47 Å². The number of aromatic nitrogens is 2. The Hall–Kier alpha value is -1.87. The molecular weight excluding hydrogens is 338 g/mol. The van der Waals surface area contributed by atoms with Gasteiger partial charge in [-0.1, -0.05) is 0 Å². The highest BCUT2D eigenvalue weighted by atomic mass is 79.9. The number of carbonyl (C=O) groups excluding carboxylic acids is 1. The molecule has 0 amide bonds. The highest BCUT2D eigenvalue weighted by Crippen LogP contribution is 2.23. The topological polar surface area (TPSA) is 95.1 Å². The predicted octanol–water partition coefficient (Wildman–Crippen LogP) is 1.86. The Morgan fingerprint density at radius 3 is 2.89 bits per heavy atom. The number of nitro groups is 1. The lowest BCUT2D eigenvalue weighted by Gasteiger charge is -2.02. The zero-order valence-electron chi connectivity index (χ0n) is 9.28. The molecule has 9 heteroatoms. The lowest BCUT2D eigenvalue weighted by atomic mass is 10.3. The van der Waals surface area contributed by atoms with Crippen molar-refractivity contribution in [2.75, 3.05) is 0 Å². The van der Waals surface area contributed by atoms with E-state index in [0.29, 0.717) is 9.35 Å². The average Bonchev–Trinajstić information content (AvgIpc) is 2.78. The summed E-state index contributed by atoms with van der Waals surface area (Å²) in [5.41, 5.74) is -1.04. The molecule has 2 aromatic rings. The summed E-state index contributed by atoms with van der Waals surface area (Å²) in [5.74, 6) is -0.314. The van der Waals surface area contributed by atoms with Gasteiger partial charge in [0.2, 0.25) is 0 Å². The van der Waals surface area contributed by atoms with Gasteiger partial charge in [-0.25, -0.2) is 4.79 Å². The Bertz CT molecular complexity index is 709. The molecule has 0 unspecified atom stereocenters. The molecule has 0 bridgehead atoms. The zero-order chi connectivity index (χ0) is 14.0. The van der Waals surface area contributed by atoms with Gasteiger partial charge in [-0.3, -0.25) is 19.5 Å². The van der Waals surface area contributed by atoms with E-state index in [9.17, 15) is 19.7 Å². The number of halogens is 1. The van der Waals surface area contributed by atoms with Crippen LogP contribution in [0.25, 0.3) is 0 Å². The van der Waals surface area contributed by atoms with Crippen LogP contribution < -0.4 is 5.69 Å². The number of hydrogen-bond donors (Lipinski definition) is 0. The summed E-state index contributed by atoms with van der Waals surface area (Å²) in [6.45, 7) is -0.285. The molecule has 0 saturated heterocycles. The van der Waals surface area contributed by atoms with E-state index >= 15 is 0 Å². The summed E-state index contributed by atoms with van der Waals surface area (Å²) in [5, 5.41) is 12.3. The van der Waals surface area contributed by atoms with Gasteiger partial charge < -0.3 is 0 Å². The number of hydrogen-bond acceptors (Lipinski definition) is 6. The Morgan fingerprint density at radius 1 is 1.58 bits per heavy atom. The summed E-state index contributed by atoms with van der Waals surface area (Å²) in [4.78, 5) is 37.1. The second-order valence-corrected chi connectivity index (χ2v) is 5.27. The van der Waals surface area contributed by atoms with Gasteiger partial charge in [0.15, 0.2) is 5.78 Å². The van der Waals surface area contributed by atoms with E-state index < -0.39 is 10.6 Å². The van der Waals surface area contributed by atoms with Crippen LogP contribution in [-0.2, 0) is 6.54 Å². The van der Waals surface area contributed by atoms with E-state index in [1.54, 1.807) is 11.4 Å². The molecule has 2 rings (SSSR count). The minimum absolute atomic E-state index is 0.285. The predicted molar refractivity (Wildman–Crippen MR) is 71.5 cm³/mol. The number of thiophene rings is 1. The molecule has 98 valence electrons. The molecule has 0 fully saturated rings. The maximum absolute atomic E-state index is 12.0. The molecule has 0 atom stereocenters. The molecule has 0 aliphatic heterocycles. The minimum atomic E-state index is -0.702. The van der Waals surface area contributed by atoms with Crippen molar-refractivity contribution in [2.24, 2.45) is 0 Å². The van der Waals surface area contributed by atoms with Crippen LogP contribution >= 0.6 is 27.3 Å². The Kier molecular flexibility index (Phi) is 3.86. The van der Waals surface area contributed by atoms with Gasteiger partial charge in [-0.2, -0.15) is 4.98 Å². The largest absolute Gasteiger partial charge is 0.348 e. The van der Waals surface area contributed by atoms with Gasteiger partial charge in [0.1, 0.15) is 6.20 Å². The van der Waals surface area contributed by atoms with Crippen LogP contribution in [0.15, 0.2) is 33.1 Å². The van der Waals surface area contributed by atoms with Crippen molar-refractivity contribution in [2.45, 2.75) is 6.54 Å². The van der Waals surface area contributed by atoms with E-state index in [0.717, 1.165) is 17.0 Å². The highest BCUT2D eigenvalue weighted by Gasteiger charge is 2.15. The van der Waals surface area contributed by atoms with Gasteiger partial charge in [0.05, 0.1) is 22.5 Å². The van der Waals surface area contributed by atoms with E-state index in [1.165, 1.54) is 11.3 Å². The molecule has 0 spiro atoms. The van der Waals surface area contributed by atoms with Crippen LogP contribution in [0, 0.1) is 10.1 Å². The normalized spacial score (nSPS) is 10.4. The van der Waals surface area contributed by atoms with Crippen LogP contribution in [0.1, 0.15) is 9.67 Å². The molecule has 0 N–H and O–H groups in total. The fourth-order valence-corrected chi connectivity index (χ4v) is 2.90. The lowest BCUT2D eigenvalue weighted by molar-refractivity contribution is -0.385. The summed E-state index contributed by atoms with van der Waals surface area (Å²) in [6.07, 6.45) is 1.87. The molecule has 19 heavy (non-hydrogen) atoms. The minimum Gasteiger partial charge on any atom is -0.291 e. The zero-order valence-corrected chi connectivity index (χ0v) is 11.7. The van der Waals surface area contributed by atoms with Gasteiger partial charge >= 0.3 is 11.4 Å². The Balaban J connectivity index is 2.31. The molecular formula is C10H6BrN3O4S. The molecule has 0 aromatic carbocycles. The van der Waals surface area contributed by atoms with Gasteiger partial charge in [-0.15, -0.1) is 11.3 Å². The maximum Gasteiger partial charge on any atom is 0.348 e. The summed E-state index contributed by atoms with van der Waals surface area (Å²) >= 11 is 4.44. The van der Waals surface area contributed by atoms with E-state index in [-0.39, 0.29) is 18.0 Å². The van der Waals surface area contributed by atoms with E-state index in [1.807, 2.05) is 0 Å². The van der Waals surface area contributed by atoms with Crippen LogP contribution in [0.2, 0.25) is 0 Å². The average molecular weight is 344 g/mol. The molecule has 7 nitrogen and oxygen atoms in total. The highest BCUT2D eigenvalue weighted by molar-refractivity contribution is 9.10. The SMILES string of the molecule is O=C(Cn1cc([N+](=O)[O-])cnc1=O)c1sccc1Br. The van der Waals surface area contributed by atoms with Crippen LogP contribution in [0.4, 0.5) is 5.69 Å². The molecule has 2 aromatic heterocycles. The van der Waals surface area contributed by atoms with Crippen molar-refractivity contribution in [1.82, 2.24) is 9.55 Å². The second-order valence-electron chi connectivity index (χ2n) is 3.50. The van der Waals surface area contributed by atoms with Gasteiger partial charge in [-0.05, 0) is 27.4 Å². The molecule has 0 saturated carbocycles. The number of ketones is 1. The molecule has 2 heterocycles. The summed E-state index contributed by atoms with van der Waals surface area (Å²) in [6, 6.07) is 1.71. The number of carbonyl (C=O) groups is 1. The smallest absolute Gasteiger partial charge is 0.291 e. The van der Waals surface area contributed by atoms with E-state index in [2.05, 4.69) is 20.9 Å². The number of nitrogens with zero attached hydrogens (tertiary/aromatic N) is 3. The van der Waals surface area contributed by atoms with Crippen molar-refractivity contribution in [3.8, 4) is 0 Å².